The predicted octanol–water partition coefficient (Wildman–Crippen LogP) is 1.14. The summed E-state index contributed by atoms with van der Waals surface area (Å²) >= 11 is 0. The van der Waals surface area contributed by atoms with Gasteiger partial charge < -0.3 is 19.5 Å². The summed E-state index contributed by atoms with van der Waals surface area (Å²) in [5.41, 5.74) is 0.306. The van der Waals surface area contributed by atoms with Crippen LogP contribution in [0.5, 0.6) is 11.5 Å². The summed E-state index contributed by atoms with van der Waals surface area (Å²) in [7, 11) is 3.14. The Labute approximate surface area is 138 Å². The predicted molar refractivity (Wildman–Crippen MR) is 82.6 cm³/mol. The molecule has 2 atom stereocenters. The summed E-state index contributed by atoms with van der Waals surface area (Å²) in [6.45, 7) is 0.710. The summed E-state index contributed by atoms with van der Waals surface area (Å²) in [5.74, 6) is -0.233. The van der Waals surface area contributed by atoms with Gasteiger partial charge in [0.25, 0.3) is 5.91 Å². The number of rotatable bonds is 5. The number of hydrogen-bond acceptors (Lipinski definition) is 5. The van der Waals surface area contributed by atoms with Gasteiger partial charge in [-0.15, -0.1) is 0 Å². The average Bonchev–Trinajstić information content (AvgIpc) is 3.17. The Bertz CT molecular complexity index is 734. The quantitative estimate of drug-likeness (QED) is 0.887. The van der Waals surface area contributed by atoms with Crippen LogP contribution in [0.4, 0.5) is 4.39 Å². The number of ether oxygens (including phenoxy) is 3. The van der Waals surface area contributed by atoms with Crippen LogP contribution in [0.1, 0.15) is 10.4 Å². The number of methoxy groups -OCH3 is 1. The lowest BCUT2D eigenvalue weighted by Gasteiger charge is -2.19. The SMILES string of the molecule is COc1cc(C(=O)N[C@H]2COC[C@H]2Oc2cnn(C)c2)ccc1F. The summed E-state index contributed by atoms with van der Waals surface area (Å²) in [5, 5.41) is 6.88. The molecule has 0 spiro atoms. The first-order chi connectivity index (χ1) is 11.6. The van der Waals surface area contributed by atoms with Crippen molar-refractivity contribution in [2.45, 2.75) is 12.1 Å². The third kappa shape index (κ3) is 3.48. The van der Waals surface area contributed by atoms with Crippen molar-refractivity contribution in [2.24, 2.45) is 7.05 Å². The molecule has 1 aliphatic heterocycles. The fourth-order valence-electron chi connectivity index (χ4n) is 2.47. The van der Waals surface area contributed by atoms with Crippen LogP contribution in [0.2, 0.25) is 0 Å². The van der Waals surface area contributed by atoms with Crippen LogP contribution >= 0.6 is 0 Å². The monoisotopic (exact) mass is 335 g/mol. The first kappa shape index (κ1) is 16.3. The van der Waals surface area contributed by atoms with Gasteiger partial charge in [0.15, 0.2) is 17.3 Å². The van der Waals surface area contributed by atoms with E-state index in [1.54, 1.807) is 24.1 Å². The number of halogens is 1. The zero-order valence-corrected chi connectivity index (χ0v) is 13.4. The summed E-state index contributed by atoms with van der Waals surface area (Å²) < 4.78 is 31.2. The Kier molecular flexibility index (Phi) is 4.66. The molecule has 24 heavy (non-hydrogen) atoms. The van der Waals surface area contributed by atoms with Crippen molar-refractivity contribution < 1.29 is 23.4 Å². The van der Waals surface area contributed by atoms with E-state index < -0.39 is 5.82 Å². The van der Waals surface area contributed by atoms with Crippen LogP contribution in [0.15, 0.2) is 30.6 Å². The van der Waals surface area contributed by atoms with Crippen molar-refractivity contribution in [3.05, 3.63) is 42.0 Å². The van der Waals surface area contributed by atoms with Gasteiger partial charge >= 0.3 is 0 Å². The summed E-state index contributed by atoms with van der Waals surface area (Å²) in [6, 6.07) is 3.65. The Morgan fingerprint density at radius 2 is 2.29 bits per heavy atom. The molecule has 1 N–H and O–H groups in total. The number of benzene rings is 1. The first-order valence-electron chi connectivity index (χ1n) is 7.44. The van der Waals surface area contributed by atoms with Crippen LogP contribution < -0.4 is 14.8 Å². The number of aryl methyl sites for hydroxylation is 1. The van der Waals surface area contributed by atoms with Gasteiger partial charge in [-0.05, 0) is 18.2 Å². The minimum absolute atomic E-state index is 0.0217. The lowest BCUT2D eigenvalue weighted by molar-refractivity contribution is 0.0903. The van der Waals surface area contributed by atoms with Crippen molar-refractivity contribution in [3.63, 3.8) is 0 Å². The molecule has 1 aromatic carbocycles. The fourth-order valence-corrected chi connectivity index (χ4v) is 2.47. The number of nitrogens with one attached hydrogen (secondary N) is 1. The van der Waals surface area contributed by atoms with E-state index in [1.165, 1.54) is 25.3 Å². The second-order valence-corrected chi connectivity index (χ2v) is 5.47. The van der Waals surface area contributed by atoms with Gasteiger partial charge in [0.1, 0.15) is 6.10 Å². The van der Waals surface area contributed by atoms with E-state index in [0.717, 1.165) is 0 Å². The lowest BCUT2D eigenvalue weighted by Crippen LogP contribution is -2.45. The second kappa shape index (κ2) is 6.88. The highest BCUT2D eigenvalue weighted by Crippen LogP contribution is 2.20. The highest BCUT2D eigenvalue weighted by atomic mass is 19.1. The zero-order valence-electron chi connectivity index (χ0n) is 13.4. The smallest absolute Gasteiger partial charge is 0.251 e. The molecule has 8 heteroatoms. The van der Waals surface area contributed by atoms with Crippen LogP contribution in [0.25, 0.3) is 0 Å². The third-order valence-electron chi connectivity index (χ3n) is 3.73. The number of hydrogen-bond donors (Lipinski definition) is 1. The highest BCUT2D eigenvalue weighted by molar-refractivity contribution is 5.94. The molecule has 1 aromatic heterocycles. The zero-order chi connectivity index (χ0) is 17.1. The minimum Gasteiger partial charge on any atom is -0.494 e. The number of carbonyl (C=O) groups excluding carboxylic acids is 1. The van der Waals surface area contributed by atoms with E-state index in [2.05, 4.69) is 10.4 Å². The molecule has 0 aliphatic carbocycles. The van der Waals surface area contributed by atoms with Crippen molar-refractivity contribution in [1.82, 2.24) is 15.1 Å². The third-order valence-corrected chi connectivity index (χ3v) is 3.73. The Hall–Kier alpha value is -2.61. The molecule has 1 fully saturated rings. The maximum Gasteiger partial charge on any atom is 0.251 e. The number of carbonyl (C=O) groups is 1. The number of amides is 1. The molecule has 128 valence electrons. The van der Waals surface area contributed by atoms with Gasteiger partial charge in [0.05, 0.1) is 38.8 Å². The summed E-state index contributed by atoms with van der Waals surface area (Å²) in [4.78, 5) is 12.4. The fraction of sp³-hybridized carbons (Fsp3) is 0.375. The van der Waals surface area contributed by atoms with Crippen molar-refractivity contribution in [3.8, 4) is 11.5 Å². The van der Waals surface area contributed by atoms with Crippen molar-refractivity contribution >= 4 is 5.91 Å². The van der Waals surface area contributed by atoms with Gasteiger partial charge in [-0.25, -0.2) is 4.39 Å². The maximum absolute atomic E-state index is 13.4. The van der Waals surface area contributed by atoms with E-state index >= 15 is 0 Å². The lowest BCUT2D eigenvalue weighted by atomic mass is 10.1. The molecule has 1 aliphatic rings. The van der Waals surface area contributed by atoms with Gasteiger partial charge in [0, 0.05) is 12.6 Å². The van der Waals surface area contributed by atoms with E-state index in [0.29, 0.717) is 24.5 Å². The summed E-state index contributed by atoms with van der Waals surface area (Å²) in [6.07, 6.45) is 3.02. The molecular weight excluding hydrogens is 317 g/mol. The molecule has 1 amide bonds. The molecule has 1 saturated heterocycles. The Balaban J connectivity index is 1.66. The molecule has 0 bridgehead atoms. The normalized spacial score (nSPS) is 20.0. The van der Waals surface area contributed by atoms with Crippen LogP contribution in [-0.4, -0.2) is 48.2 Å². The van der Waals surface area contributed by atoms with Crippen LogP contribution in [0.3, 0.4) is 0 Å². The molecule has 0 radical (unpaired) electrons. The van der Waals surface area contributed by atoms with Gasteiger partial charge in [-0.3, -0.25) is 9.48 Å². The van der Waals surface area contributed by atoms with Crippen molar-refractivity contribution in [1.29, 1.82) is 0 Å². The van der Waals surface area contributed by atoms with E-state index in [9.17, 15) is 9.18 Å². The van der Waals surface area contributed by atoms with Crippen molar-refractivity contribution in [2.75, 3.05) is 20.3 Å². The largest absolute Gasteiger partial charge is 0.494 e. The molecule has 0 unspecified atom stereocenters. The van der Waals surface area contributed by atoms with Crippen LogP contribution in [0, 0.1) is 5.82 Å². The molecule has 7 nitrogen and oxygen atoms in total. The maximum atomic E-state index is 13.4. The first-order valence-corrected chi connectivity index (χ1v) is 7.44. The van der Waals surface area contributed by atoms with E-state index in [1.807, 2.05) is 0 Å². The van der Waals surface area contributed by atoms with E-state index in [-0.39, 0.29) is 23.8 Å². The molecular formula is C16H18FN3O4. The Morgan fingerprint density at radius 1 is 1.46 bits per heavy atom. The molecule has 0 saturated carbocycles. The topological polar surface area (TPSA) is 74.6 Å². The minimum atomic E-state index is -0.518. The highest BCUT2D eigenvalue weighted by Gasteiger charge is 2.32. The van der Waals surface area contributed by atoms with Gasteiger partial charge in [0.2, 0.25) is 0 Å². The van der Waals surface area contributed by atoms with E-state index in [4.69, 9.17) is 14.2 Å². The Morgan fingerprint density at radius 3 is 3.00 bits per heavy atom. The standard InChI is InChI=1S/C16H18FN3O4/c1-20-7-11(6-18-20)24-15-9-23-8-13(15)19-16(21)10-3-4-12(17)14(5-10)22-2/h3-7,13,15H,8-9H2,1-2H3,(H,19,21)/t13-,15+/m0/s1. The average molecular weight is 335 g/mol. The van der Waals surface area contributed by atoms with Crippen LogP contribution in [-0.2, 0) is 11.8 Å². The number of aromatic nitrogens is 2. The van der Waals surface area contributed by atoms with Gasteiger partial charge in [-0.2, -0.15) is 5.10 Å². The molecule has 2 heterocycles. The van der Waals surface area contributed by atoms with Gasteiger partial charge in [-0.1, -0.05) is 0 Å². The second-order valence-electron chi connectivity index (χ2n) is 5.47. The molecule has 2 aromatic rings. The molecule has 3 rings (SSSR count). The number of nitrogens with zero attached hydrogens (tertiary/aromatic N) is 2.